The Hall–Kier alpha value is -0.610. The Morgan fingerprint density at radius 1 is 1.33 bits per heavy atom. The number of ether oxygens (including phenoxy) is 1. The predicted molar refractivity (Wildman–Crippen MR) is 41.3 cm³/mol. The molecule has 0 heterocycles. The lowest BCUT2D eigenvalue weighted by Crippen LogP contribution is -2.09. The van der Waals surface area contributed by atoms with Crippen LogP contribution in [0.3, 0.4) is 0 Å². The van der Waals surface area contributed by atoms with Crippen molar-refractivity contribution in [2.75, 3.05) is 19.8 Å². The summed E-state index contributed by atoms with van der Waals surface area (Å²) in [5.74, 6) is -0.751. The Balaban J connectivity index is 2.39. The average molecular weight is 174 g/mol. The van der Waals surface area contributed by atoms with Crippen molar-refractivity contribution in [2.24, 2.45) is 17.8 Å². The van der Waals surface area contributed by atoms with E-state index in [0.717, 1.165) is 0 Å². The molecule has 2 atom stereocenters. The summed E-state index contributed by atoms with van der Waals surface area (Å²) in [6, 6.07) is 0. The highest BCUT2D eigenvalue weighted by atomic mass is 16.5. The number of hydrogen-bond acceptors (Lipinski definition) is 4. The summed E-state index contributed by atoms with van der Waals surface area (Å²) in [5, 5.41) is 17.6. The van der Waals surface area contributed by atoms with Gasteiger partial charge in [0.1, 0.15) is 0 Å². The molecule has 70 valence electrons. The quantitative estimate of drug-likeness (QED) is 0.558. The second-order valence-corrected chi connectivity index (χ2v) is 2.97. The van der Waals surface area contributed by atoms with E-state index in [4.69, 9.17) is 14.9 Å². The molecular formula is C8H14O4. The molecule has 0 bridgehead atoms. The van der Waals surface area contributed by atoms with Crippen molar-refractivity contribution in [3.8, 4) is 0 Å². The maximum Gasteiger partial charge on any atom is 0.309 e. The lowest BCUT2D eigenvalue weighted by atomic mass is 10.3. The van der Waals surface area contributed by atoms with Gasteiger partial charge in [0.15, 0.2) is 0 Å². The lowest BCUT2D eigenvalue weighted by Gasteiger charge is -1.98. The van der Waals surface area contributed by atoms with Crippen molar-refractivity contribution in [3.63, 3.8) is 0 Å². The molecule has 12 heavy (non-hydrogen) atoms. The maximum absolute atomic E-state index is 11.1. The molecule has 4 nitrogen and oxygen atoms in total. The minimum atomic E-state index is -0.296. The molecule has 0 amide bonds. The number of carbonyl (C=O) groups excluding carboxylic acids is 1. The highest BCUT2D eigenvalue weighted by molar-refractivity contribution is 5.76. The molecular weight excluding hydrogens is 160 g/mol. The lowest BCUT2D eigenvalue weighted by molar-refractivity contribution is -0.145. The molecule has 0 aromatic rings. The van der Waals surface area contributed by atoms with Crippen molar-refractivity contribution in [1.29, 1.82) is 0 Å². The average Bonchev–Trinajstić information content (AvgIpc) is 2.77. The van der Waals surface area contributed by atoms with Gasteiger partial charge in [-0.15, -0.1) is 0 Å². The second-order valence-electron chi connectivity index (χ2n) is 2.97. The SMILES string of the molecule is CCOC(=O)C1C(CO)C1CO. The molecule has 0 spiro atoms. The number of aliphatic hydroxyl groups excluding tert-OH is 2. The van der Waals surface area contributed by atoms with Crippen LogP contribution in [0, 0.1) is 17.8 Å². The third-order valence-corrected chi connectivity index (χ3v) is 2.31. The van der Waals surface area contributed by atoms with E-state index in [-0.39, 0.29) is 36.9 Å². The Bertz CT molecular complexity index is 158. The zero-order valence-electron chi connectivity index (χ0n) is 7.06. The molecule has 0 saturated heterocycles. The van der Waals surface area contributed by atoms with Crippen molar-refractivity contribution >= 4 is 5.97 Å². The first-order valence-corrected chi connectivity index (χ1v) is 4.14. The molecule has 0 aliphatic heterocycles. The zero-order valence-corrected chi connectivity index (χ0v) is 7.06. The second kappa shape index (κ2) is 3.87. The molecule has 0 aromatic heterocycles. The summed E-state index contributed by atoms with van der Waals surface area (Å²) in [7, 11) is 0. The third-order valence-electron chi connectivity index (χ3n) is 2.31. The predicted octanol–water partition coefficient (Wildman–Crippen LogP) is -0.604. The van der Waals surface area contributed by atoms with Crippen LogP contribution in [0.25, 0.3) is 0 Å². The number of rotatable bonds is 4. The van der Waals surface area contributed by atoms with Gasteiger partial charge in [-0.2, -0.15) is 0 Å². The van der Waals surface area contributed by atoms with E-state index in [0.29, 0.717) is 6.61 Å². The molecule has 0 aromatic carbocycles. The number of carbonyl (C=O) groups is 1. The minimum absolute atomic E-state index is 0.0469. The molecule has 1 rings (SSSR count). The van der Waals surface area contributed by atoms with Gasteiger partial charge in [0.05, 0.1) is 12.5 Å². The van der Waals surface area contributed by atoms with E-state index in [1.54, 1.807) is 6.92 Å². The number of aliphatic hydroxyl groups is 2. The van der Waals surface area contributed by atoms with Crippen LogP contribution in [0.5, 0.6) is 0 Å². The first-order valence-electron chi connectivity index (χ1n) is 4.14. The maximum atomic E-state index is 11.1. The topological polar surface area (TPSA) is 66.8 Å². The standard InChI is InChI=1S/C8H14O4/c1-2-12-8(11)7-5(3-9)6(7)4-10/h5-7,9-10H,2-4H2,1H3. The largest absolute Gasteiger partial charge is 0.466 e. The zero-order chi connectivity index (χ0) is 9.14. The molecule has 1 aliphatic rings. The normalized spacial score (nSPS) is 33.1. The van der Waals surface area contributed by atoms with E-state index in [2.05, 4.69) is 0 Å². The van der Waals surface area contributed by atoms with E-state index in [9.17, 15) is 4.79 Å². The highest BCUT2D eigenvalue weighted by Gasteiger charge is 2.54. The summed E-state index contributed by atoms with van der Waals surface area (Å²) in [4.78, 5) is 11.1. The molecule has 2 unspecified atom stereocenters. The van der Waals surface area contributed by atoms with Gasteiger partial charge in [0, 0.05) is 25.0 Å². The monoisotopic (exact) mass is 174 g/mol. The van der Waals surface area contributed by atoms with Gasteiger partial charge in [-0.25, -0.2) is 0 Å². The van der Waals surface area contributed by atoms with Crippen molar-refractivity contribution < 1.29 is 19.7 Å². The van der Waals surface area contributed by atoms with Crippen LogP contribution >= 0.6 is 0 Å². The van der Waals surface area contributed by atoms with Crippen LogP contribution in [-0.2, 0) is 9.53 Å². The fourth-order valence-corrected chi connectivity index (χ4v) is 1.53. The van der Waals surface area contributed by atoms with E-state index >= 15 is 0 Å². The molecule has 4 heteroatoms. The fraction of sp³-hybridized carbons (Fsp3) is 0.875. The highest BCUT2D eigenvalue weighted by Crippen LogP contribution is 2.46. The molecule has 1 fully saturated rings. The Morgan fingerprint density at radius 2 is 1.83 bits per heavy atom. The van der Waals surface area contributed by atoms with Gasteiger partial charge in [-0.3, -0.25) is 4.79 Å². The summed E-state index contributed by atoms with van der Waals surface area (Å²) in [5.41, 5.74) is 0. The Labute approximate surface area is 71.2 Å². The Kier molecular flexibility index (Phi) is 3.05. The minimum Gasteiger partial charge on any atom is -0.466 e. The van der Waals surface area contributed by atoms with Crippen molar-refractivity contribution in [1.82, 2.24) is 0 Å². The van der Waals surface area contributed by atoms with Gasteiger partial charge in [0.25, 0.3) is 0 Å². The molecule has 1 saturated carbocycles. The van der Waals surface area contributed by atoms with Gasteiger partial charge in [-0.05, 0) is 6.92 Å². The van der Waals surface area contributed by atoms with E-state index in [1.165, 1.54) is 0 Å². The molecule has 2 N–H and O–H groups in total. The summed E-state index contributed by atoms with van der Waals surface area (Å²) in [6.45, 7) is 2.00. The van der Waals surface area contributed by atoms with Crippen LogP contribution in [0.2, 0.25) is 0 Å². The van der Waals surface area contributed by atoms with Crippen LogP contribution in [0.1, 0.15) is 6.92 Å². The van der Waals surface area contributed by atoms with Crippen LogP contribution in [0.4, 0.5) is 0 Å². The van der Waals surface area contributed by atoms with Crippen molar-refractivity contribution in [2.45, 2.75) is 6.92 Å². The first kappa shape index (κ1) is 9.48. The smallest absolute Gasteiger partial charge is 0.309 e. The van der Waals surface area contributed by atoms with Crippen LogP contribution in [-0.4, -0.2) is 36.0 Å². The summed E-state index contributed by atoms with van der Waals surface area (Å²) < 4.78 is 4.77. The fourth-order valence-electron chi connectivity index (χ4n) is 1.53. The molecule has 0 radical (unpaired) electrons. The van der Waals surface area contributed by atoms with Gasteiger partial charge in [0.2, 0.25) is 0 Å². The summed E-state index contributed by atoms with van der Waals surface area (Å²) in [6.07, 6.45) is 0. The third kappa shape index (κ3) is 1.59. The van der Waals surface area contributed by atoms with E-state index in [1.807, 2.05) is 0 Å². The van der Waals surface area contributed by atoms with Crippen LogP contribution in [0.15, 0.2) is 0 Å². The van der Waals surface area contributed by atoms with Gasteiger partial charge < -0.3 is 14.9 Å². The first-order chi connectivity index (χ1) is 5.76. The summed E-state index contributed by atoms with van der Waals surface area (Å²) >= 11 is 0. The number of hydrogen-bond donors (Lipinski definition) is 2. The van der Waals surface area contributed by atoms with Crippen LogP contribution < -0.4 is 0 Å². The van der Waals surface area contributed by atoms with Gasteiger partial charge in [-0.1, -0.05) is 0 Å². The Morgan fingerprint density at radius 3 is 2.17 bits per heavy atom. The van der Waals surface area contributed by atoms with E-state index < -0.39 is 0 Å². The van der Waals surface area contributed by atoms with Crippen molar-refractivity contribution in [3.05, 3.63) is 0 Å². The van der Waals surface area contributed by atoms with Gasteiger partial charge >= 0.3 is 5.97 Å². The molecule has 1 aliphatic carbocycles. The number of esters is 1.